The molecule has 1 saturated heterocycles. The molecular weight excluding hydrogens is 342 g/mol. The van der Waals surface area contributed by atoms with E-state index in [1.54, 1.807) is 18.2 Å². The molecule has 27 heavy (non-hydrogen) atoms. The number of hydrogen-bond acceptors (Lipinski definition) is 5. The van der Waals surface area contributed by atoms with Crippen molar-refractivity contribution in [3.63, 3.8) is 0 Å². The summed E-state index contributed by atoms with van der Waals surface area (Å²) < 4.78 is 5.79. The van der Waals surface area contributed by atoms with Gasteiger partial charge in [0.2, 0.25) is 17.8 Å². The van der Waals surface area contributed by atoms with Crippen LogP contribution < -0.4 is 14.5 Å². The van der Waals surface area contributed by atoms with Crippen LogP contribution in [-0.4, -0.2) is 28.4 Å². The highest BCUT2D eigenvalue weighted by Gasteiger charge is 2.36. The van der Waals surface area contributed by atoms with Gasteiger partial charge in [-0.15, -0.1) is 0 Å². The van der Waals surface area contributed by atoms with E-state index < -0.39 is 0 Å². The summed E-state index contributed by atoms with van der Waals surface area (Å²) in [6.45, 7) is 1.82. The maximum Gasteiger partial charge on any atom is 0.254 e. The van der Waals surface area contributed by atoms with Gasteiger partial charge in [-0.1, -0.05) is 36.4 Å². The molecule has 7 heteroatoms. The lowest BCUT2D eigenvalue weighted by Gasteiger charge is -2.19. The van der Waals surface area contributed by atoms with Gasteiger partial charge in [0.15, 0.2) is 0 Å². The molecule has 134 valence electrons. The fraction of sp³-hybridized carbons (Fsp3) is 0.100. The number of nitrogens with zero attached hydrogens (tertiary/aromatic N) is 4. The van der Waals surface area contributed by atoms with E-state index in [0.717, 1.165) is 0 Å². The first-order chi connectivity index (χ1) is 13.1. The number of carbonyl (C=O) groups excluding carboxylic acids is 1. The Labute approximate surface area is 156 Å². The van der Waals surface area contributed by atoms with Crippen molar-refractivity contribution in [1.29, 1.82) is 5.41 Å². The third kappa shape index (κ3) is 3.35. The molecule has 2 aromatic carbocycles. The number of nitrogens with one attached hydrogen (secondary N) is 1. The normalized spacial score (nSPS) is 14.0. The lowest BCUT2D eigenvalue weighted by molar-refractivity contribution is -0.115. The molecule has 1 aromatic heterocycles. The Morgan fingerprint density at radius 3 is 2.37 bits per heavy atom. The van der Waals surface area contributed by atoms with Gasteiger partial charge in [0.25, 0.3) is 5.91 Å². The van der Waals surface area contributed by atoms with Crippen LogP contribution in [0.4, 0.5) is 11.6 Å². The number of rotatable bonds is 4. The van der Waals surface area contributed by atoms with Crippen LogP contribution in [0.1, 0.15) is 5.69 Å². The Bertz CT molecular complexity index is 992. The number of aromatic nitrogens is 2. The van der Waals surface area contributed by atoms with Crippen molar-refractivity contribution >= 4 is 23.5 Å². The molecule has 1 amide bonds. The average molecular weight is 359 g/mol. The van der Waals surface area contributed by atoms with Crippen LogP contribution in [0.15, 0.2) is 66.7 Å². The van der Waals surface area contributed by atoms with Gasteiger partial charge in [-0.05, 0) is 31.2 Å². The molecule has 1 N–H and O–H groups in total. The SMILES string of the molecule is Cc1cc(Oc2ccccc2)nc(N2CC(=O)N(c3ccccc3)C2=N)n1. The zero-order chi connectivity index (χ0) is 18.8. The molecule has 0 saturated carbocycles. The van der Waals surface area contributed by atoms with E-state index in [-0.39, 0.29) is 24.4 Å². The molecule has 4 rings (SSSR count). The van der Waals surface area contributed by atoms with E-state index in [1.165, 1.54) is 9.80 Å². The molecule has 1 aliphatic heterocycles. The van der Waals surface area contributed by atoms with Crippen molar-refractivity contribution in [3.05, 3.63) is 72.4 Å². The number of carbonyl (C=O) groups is 1. The maximum absolute atomic E-state index is 12.5. The third-order valence-corrected chi connectivity index (χ3v) is 4.05. The number of para-hydroxylation sites is 2. The monoisotopic (exact) mass is 359 g/mol. The van der Waals surface area contributed by atoms with Crippen molar-refractivity contribution in [2.24, 2.45) is 0 Å². The van der Waals surface area contributed by atoms with Gasteiger partial charge in [0.1, 0.15) is 12.3 Å². The first-order valence-electron chi connectivity index (χ1n) is 8.44. The van der Waals surface area contributed by atoms with Crippen molar-refractivity contribution in [1.82, 2.24) is 9.97 Å². The molecule has 7 nitrogen and oxygen atoms in total. The average Bonchev–Trinajstić information content (AvgIpc) is 2.97. The predicted octanol–water partition coefficient (Wildman–Crippen LogP) is 3.37. The first kappa shape index (κ1) is 16.7. The minimum Gasteiger partial charge on any atom is -0.439 e. The van der Waals surface area contributed by atoms with E-state index in [9.17, 15) is 4.79 Å². The quantitative estimate of drug-likeness (QED) is 0.772. The van der Waals surface area contributed by atoms with Gasteiger partial charge in [0, 0.05) is 11.8 Å². The van der Waals surface area contributed by atoms with Crippen molar-refractivity contribution < 1.29 is 9.53 Å². The number of ether oxygens (including phenoxy) is 1. The second-order valence-electron chi connectivity index (χ2n) is 6.04. The number of anilines is 2. The molecule has 2 heterocycles. The Balaban J connectivity index is 1.64. The summed E-state index contributed by atoms with van der Waals surface area (Å²) in [5.41, 5.74) is 1.33. The summed E-state index contributed by atoms with van der Waals surface area (Å²) in [6, 6.07) is 20.1. The number of benzene rings is 2. The zero-order valence-corrected chi connectivity index (χ0v) is 14.7. The molecule has 0 bridgehead atoms. The number of aryl methyl sites for hydroxylation is 1. The molecule has 1 aliphatic rings. The van der Waals surface area contributed by atoms with Crippen LogP contribution in [0.25, 0.3) is 0 Å². The van der Waals surface area contributed by atoms with Gasteiger partial charge in [-0.2, -0.15) is 4.98 Å². The highest BCUT2D eigenvalue weighted by atomic mass is 16.5. The van der Waals surface area contributed by atoms with Gasteiger partial charge in [-0.25, -0.2) is 9.88 Å². The molecular formula is C20H17N5O2. The summed E-state index contributed by atoms with van der Waals surface area (Å²) in [5.74, 6) is 1.09. The van der Waals surface area contributed by atoms with E-state index in [1.807, 2.05) is 55.5 Å². The Morgan fingerprint density at radius 1 is 1.00 bits per heavy atom. The van der Waals surface area contributed by atoms with Crippen LogP contribution in [0.5, 0.6) is 11.6 Å². The minimum absolute atomic E-state index is 0.00194. The Hall–Kier alpha value is -3.74. The number of guanidine groups is 1. The van der Waals surface area contributed by atoms with Crippen LogP contribution in [-0.2, 0) is 4.79 Å². The molecule has 0 atom stereocenters. The summed E-state index contributed by atoms with van der Waals surface area (Å²) in [5, 5.41) is 8.44. The molecule has 1 fully saturated rings. The minimum atomic E-state index is -0.207. The van der Waals surface area contributed by atoms with Gasteiger partial charge in [0.05, 0.1) is 5.69 Å². The summed E-state index contributed by atoms with van der Waals surface area (Å²) in [6.07, 6.45) is 0. The lowest BCUT2D eigenvalue weighted by Crippen LogP contribution is -2.34. The highest BCUT2D eigenvalue weighted by molar-refractivity contribution is 6.27. The van der Waals surface area contributed by atoms with Crippen molar-refractivity contribution in [3.8, 4) is 11.6 Å². The van der Waals surface area contributed by atoms with Crippen LogP contribution in [0, 0.1) is 12.3 Å². The molecule has 0 aliphatic carbocycles. The van der Waals surface area contributed by atoms with Crippen molar-refractivity contribution in [2.45, 2.75) is 6.92 Å². The fourth-order valence-corrected chi connectivity index (χ4v) is 2.84. The largest absolute Gasteiger partial charge is 0.439 e. The van der Waals surface area contributed by atoms with Crippen LogP contribution >= 0.6 is 0 Å². The summed E-state index contributed by atoms with van der Waals surface area (Å²) in [7, 11) is 0. The van der Waals surface area contributed by atoms with Crippen LogP contribution in [0.3, 0.4) is 0 Å². The first-order valence-corrected chi connectivity index (χ1v) is 8.44. The van der Waals surface area contributed by atoms with Crippen molar-refractivity contribution in [2.75, 3.05) is 16.3 Å². The molecule has 0 unspecified atom stereocenters. The zero-order valence-electron chi connectivity index (χ0n) is 14.7. The van der Waals surface area contributed by atoms with E-state index in [0.29, 0.717) is 23.0 Å². The second-order valence-corrected chi connectivity index (χ2v) is 6.04. The number of hydrogen-bond donors (Lipinski definition) is 1. The molecule has 0 spiro atoms. The van der Waals surface area contributed by atoms with Gasteiger partial charge >= 0.3 is 0 Å². The topological polar surface area (TPSA) is 82.4 Å². The fourth-order valence-electron chi connectivity index (χ4n) is 2.84. The summed E-state index contributed by atoms with van der Waals surface area (Å²) in [4.78, 5) is 24.1. The standard InChI is InChI=1S/C20H17N5O2/c1-14-12-17(27-16-10-6-3-7-11-16)23-20(22-14)24-13-18(26)25(19(24)21)15-8-4-2-5-9-15/h2-12,21H,13H2,1H3. The molecule has 0 radical (unpaired) electrons. The highest BCUT2D eigenvalue weighted by Crippen LogP contribution is 2.26. The number of amides is 1. The predicted molar refractivity (Wildman–Crippen MR) is 102 cm³/mol. The van der Waals surface area contributed by atoms with Gasteiger partial charge in [-0.3, -0.25) is 15.1 Å². The third-order valence-electron chi connectivity index (χ3n) is 4.05. The maximum atomic E-state index is 12.5. The van der Waals surface area contributed by atoms with Gasteiger partial charge < -0.3 is 4.74 Å². The summed E-state index contributed by atoms with van der Waals surface area (Å²) >= 11 is 0. The van der Waals surface area contributed by atoms with E-state index in [2.05, 4.69) is 9.97 Å². The Morgan fingerprint density at radius 2 is 1.67 bits per heavy atom. The Kier molecular flexibility index (Phi) is 4.25. The van der Waals surface area contributed by atoms with E-state index >= 15 is 0 Å². The lowest BCUT2D eigenvalue weighted by atomic mass is 10.3. The second kappa shape index (κ2) is 6.87. The smallest absolute Gasteiger partial charge is 0.254 e. The van der Waals surface area contributed by atoms with Crippen LogP contribution in [0.2, 0.25) is 0 Å². The van der Waals surface area contributed by atoms with E-state index in [4.69, 9.17) is 10.1 Å². The molecule has 3 aromatic rings.